The van der Waals surface area contributed by atoms with Gasteiger partial charge in [-0.15, -0.1) is 0 Å². The summed E-state index contributed by atoms with van der Waals surface area (Å²) in [7, 11) is 1.83. The molecule has 6 nitrogen and oxygen atoms in total. The predicted octanol–water partition coefficient (Wildman–Crippen LogP) is 1.73. The third kappa shape index (κ3) is 2.34. The number of aromatic nitrogens is 4. The molecule has 3 heterocycles. The lowest BCUT2D eigenvalue weighted by molar-refractivity contribution is 0.721. The van der Waals surface area contributed by atoms with Gasteiger partial charge in [-0.2, -0.15) is 21.7 Å². The van der Waals surface area contributed by atoms with E-state index >= 15 is 0 Å². The van der Waals surface area contributed by atoms with Crippen LogP contribution in [0.2, 0.25) is 0 Å². The van der Waals surface area contributed by atoms with Gasteiger partial charge in [-0.05, 0) is 6.42 Å². The highest BCUT2D eigenvalue weighted by Gasteiger charge is 2.23. The van der Waals surface area contributed by atoms with E-state index in [1.165, 1.54) is 6.42 Å². The highest BCUT2D eigenvalue weighted by molar-refractivity contribution is 8.00. The van der Waals surface area contributed by atoms with E-state index in [1.54, 1.807) is 6.33 Å². The van der Waals surface area contributed by atoms with Crippen LogP contribution in [0.25, 0.3) is 11.2 Å². The molecule has 1 aliphatic heterocycles. The molecular formula is C12H18N6S. The molecular weight excluding hydrogens is 260 g/mol. The Balaban J connectivity index is 2.00. The Kier molecular flexibility index (Phi) is 3.46. The zero-order chi connectivity index (χ0) is 13.2. The summed E-state index contributed by atoms with van der Waals surface area (Å²) >= 11 is 2.05. The van der Waals surface area contributed by atoms with Gasteiger partial charge in [0.25, 0.3) is 0 Å². The number of hydrogen-bond acceptors (Lipinski definition) is 6. The van der Waals surface area contributed by atoms with E-state index in [4.69, 9.17) is 0 Å². The molecule has 0 spiro atoms. The lowest BCUT2D eigenvalue weighted by Gasteiger charge is -2.32. The summed E-state index contributed by atoms with van der Waals surface area (Å²) in [5, 5.41) is 3.69. The van der Waals surface area contributed by atoms with Crippen LogP contribution >= 0.6 is 11.8 Å². The largest absolute Gasteiger partial charge is 0.357 e. The van der Waals surface area contributed by atoms with Gasteiger partial charge in [-0.1, -0.05) is 6.92 Å². The van der Waals surface area contributed by atoms with Gasteiger partial charge >= 0.3 is 0 Å². The highest BCUT2D eigenvalue weighted by atomic mass is 32.2. The summed E-state index contributed by atoms with van der Waals surface area (Å²) in [6.07, 6.45) is 2.87. The van der Waals surface area contributed by atoms with E-state index in [2.05, 4.69) is 48.8 Å². The first-order chi connectivity index (χ1) is 9.31. The summed E-state index contributed by atoms with van der Waals surface area (Å²) in [5.41, 5.74) is 1.65. The van der Waals surface area contributed by atoms with Gasteiger partial charge in [0, 0.05) is 31.1 Å². The normalized spacial score (nSPS) is 19.9. The third-order valence-electron chi connectivity index (χ3n) is 3.38. The zero-order valence-corrected chi connectivity index (χ0v) is 12.0. The molecule has 102 valence electrons. The van der Waals surface area contributed by atoms with Crippen LogP contribution in [0.3, 0.4) is 0 Å². The first-order valence-corrected chi connectivity index (χ1v) is 7.62. The highest BCUT2D eigenvalue weighted by Crippen LogP contribution is 2.28. The van der Waals surface area contributed by atoms with Crippen LogP contribution in [0.15, 0.2) is 6.33 Å². The minimum Gasteiger partial charge on any atom is -0.357 e. The zero-order valence-electron chi connectivity index (χ0n) is 11.2. The molecule has 2 N–H and O–H groups in total. The molecule has 0 aromatic carbocycles. The minimum absolute atomic E-state index is 0.626. The number of nitrogens with one attached hydrogen (secondary N) is 2. The molecule has 2 aromatic heterocycles. The maximum Gasteiger partial charge on any atom is 0.226 e. The maximum atomic E-state index is 4.61. The van der Waals surface area contributed by atoms with Crippen LogP contribution in [0, 0.1) is 0 Å². The molecule has 1 saturated heterocycles. The number of nitrogens with zero attached hydrogens (tertiary/aromatic N) is 4. The third-order valence-corrected chi connectivity index (χ3v) is 4.76. The van der Waals surface area contributed by atoms with E-state index in [-0.39, 0.29) is 0 Å². The second-order valence-electron chi connectivity index (χ2n) is 4.57. The number of rotatable bonds is 3. The Morgan fingerprint density at radius 2 is 2.42 bits per heavy atom. The Morgan fingerprint density at radius 3 is 3.21 bits per heavy atom. The van der Waals surface area contributed by atoms with Gasteiger partial charge in [0.05, 0.1) is 6.33 Å². The summed E-state index contributed by atoms with van der Waals surface area (Å²) in [6.45, 7) is 4.30. The standard InChI is InChI=1S/C12H18N6S/c1-3-8-6-18(4-5-19-8)11-9-10(15-7-14-9)16-12(13-2)17-11/h7-8H,3-6H2,1-2H3,(H2,13,14,15,16,17). The average Bonchev–Trinajstić information content (AvgIpc) is 2.94. The molecule has 0 aliphatic carbocycles. The quantitative estimate of drug-likeness (QED) is 0.891. The van der Waals surface area contributed by atoms with Crippen LogP contribution in [-0.2, 0) is 0 Å². The van der Waals surface area contributed by atoms with Crippen LogP contribution in [0.4, 0.5) is 11.8 Å². The first-order valence-electron chi connectivity index (χ1n) is 6.57. The number of hydrogen-bond donors (Lipinski definition) is 2. The molecule has 0 radical (unpaired) electrons. The number of fused-ring (bicyclic) bond motifs is 1. The van der Waals surface area contributed by atoms with E-state index in [0.29, 0.717) is 11.2 Å². The smallest absolute Gasteiger partial charge is 0.226 e. The molecule has 1 atom stereocenters. The van der Waals surface area contributed by atoms with Gasteiger partial charge in [0.2, 0.25) is 5.95 Å². The lowest BCUT2D eigenvalue weighted by atomic mass is 10.3. The van der Waals surface area contributed by atoms with Crippen molar-refractivity contribution in [3.8, 4) is 0 Å². The van der Waals surface area contributed by atoms with Crippen molar-refractivity contribution in [2.24, 2.45) is 0 Å². The summed E-state index contributed by atoms with van der Waals surface area (Å²) in [5.74, 6) is 2.74. The number of thioether (sulfide) groups is 1. The van der Waals surface area contributed by atoms with Crippen LogP contribution in [0.5, 0.6) is 0 Å². The van der Waals surface area contributed by atoms with Crippen molar-refractivity contribution < 1.29 is 0 Å². The first kappa shape index (κ1) is 12.5. The molecule has 0 bridgehead atoms. The van der Waals surface area contributed by atoms with E-state index in [9.17, 15) is 0 Å². The number of imidazole rings is 1. The van der Waals surface area contributed by atoms with Crippen molar-refractivity contribution in [1.29, 1.82) is 0 Å². The van der Waals surface area contributed by atoms with Gasteiger partial charge in [-0.25, -0.2) is 4.98 Å². The van der Waals surface area contributed by atoms with Crippen LogP contribution in [0.1, 0.15) is 13.3 Å². The summed E-state index contributed by atoms with van der Waals surface area (Å²) in [6, 6.07) is 0. The lowest BCUT2D eigenvalue weighted by Crippen LogP contribution is -2.38. The molecule has 0 amide bonds. The molecule has 7 heteroatoms. The molecule has 3 rings (SSSR count). The van der Waals surface area contributed by atoms with Gasteiger partial charge in [-0.3, -0.25) is 0 Å². The Morgan fingerprint density at radius 1 is 1.53 bits per heavy atom. The maximum absolute atomic E-state index is 4.61. The van der Waals surface area contributed by atoms with Gasteiger partial charge in [0.1, 0.15) is 5.52 Å². The monoisotopic (exact) mass is 278 g/mol. The minimum atomic E-state index is 0.626. The Bertz CT molecular complexity index is 568. The van der Waals surface area contributed by atoms with E-state index in [0.717, 1.165) is 35.8 Å². The number of anilines is 2. The predicted molar refractivity (Wildman–Crippen MR) is 80.0 cm³/mol. The number of H-pyrrole nitrogens is 1. The van der Waals surface area contributed by atoms with Crippen molar-refractivity contribution >= 4 is 34.7 Å². The topological polar surface area (TPSA) is 69.7 Å². The molecule has 1 aliphatic rings. The molecule has 19 heavy (non-hydrogen) atoms. The molecule has 2 aromatic rings. The molecule has 1 unspecified atom stereocenters. The summed E-state index contributed by atoms with van der Waals surface area (Å²) < 4.78 is 0. The van der Waals surface area contributed by atoms with Gasteiger partial charge < -0.3 is 15.2 Å². The molecule has 0 saturated carbocycles. The van der Waals surface area contributed by atoms with E-state index < -0.39 is 0 Å². The Labute approximate surface area is 116 Å². The SMILES string of the molecule is CCC1CN(c2nc(NC)nc3nc[nH]c23)CCS1. The van der Waals surface area contributed by atoms with Crippen molar-refractivity contribution in [2.45, 2.75) is 18.6 Å². The fourth-order valence-corrected chi connectivity index (χ4v) is 3.50. The van der Waals surface area contributed by atoms with Crippen LogP contribution < -0.4 is 10.2 Å². The van der Waals surface area contributed by atoms with E-state index in [1.807, 2.05) is 7.05 Å². The van der Waals surface area contributed by atoms with Crippen molar-refractivity contribution in [2.75, 3.05) is 36.1 Å². The Hall–Kier alpha value is -1.50. The number of aromatic amines is 1. The van der Waals surface area contributed by atoms with Crippen molar-refractivity contribution in [3.05, 3.63) is 6.33 Å². The summed E-state index contributed by atoms with van der Waals surface area (Å²) in [4.78, 5) is 18.7. The average molecular weight is 278 g/mol. The van der Waals surface area contributed by atoms with Gasteiger partial charge in [0.15, 0.2) is 11.5 Å². The second-order valence-corrected chi connectivity index (χ2v) is 5.98. The van der Waals surface area contributed by atoms with Crippen LogP contribution in [-0.4, -0.2) is 51.1 Å². The molecule has 1 fully saturated rings. The fraction of sp³-hybridized carbons (Fsp3) is 0.583. The fourth-order valence-electron chi connectivity index (χ4n) is 2.32. The van der Waals surface area contributed by atoms with Crippen molar-refractivity contribution in [3.63, 3.8) is 0 Å². The van der Waals surface area contributed by atoms with Crippen molar-refractivity contribution in [1.82, 2.24) is 19.9 Å². The second kappa shape index (κ2) is 5.24.